The highest BCUT2D eigenvalue weighted by Crippen LogP contribution is 2.30. The van der Waals surface area contributed by atoms with Gasteiger partial charge in [0.15, 0.2) is 17.6 Å². The average Bonchev–Trinajstić information content (AvgIpc) is 2.97. The summed E-state index contributed by atoms with van der Waals surface area (Å²) in [6.07, 6.45) is 7.65. The van der Waals surface area contributed by atoms with Crippen molar-refractivity contribution in [2.75, 3.05) is 13.2 Å². The summed E-state index contributed by atoms with van der Waals surface area (Å²) in [6, 6.07) is 4.88. The van der Waals surface area contributed by atoms with Gasteiger partial charge in [0.25, 0.3) is 5.91 Å². The minimum atomic E-state index is -1.09. The fraction of sp³-hybridized carbons (Fsp3) is 0.500. The van der Waals surface area contributed by atoms with Crippen LogP contribution < -0.4 is 20.1 Å². The van der Waals surface area contributed by atoms with Gasteiger partial charge in [-0.3, -0.25) is 10.1 Å². The van der Waals surface area contributed by atoms with E-state index in [0.717, 1.165) is 37.7 Å². The topological polar surface area (TPSA) is 103 Å². The van der Waals surface area contributed by atoms with Gasteiger partial charge in [-0.25, -0.2) is 9.59 Å². The molecule has 3 amide bonds. The number of esters is 1. The molecule has 1 heterocycles. The zero-order valence-corrected chi connectivity index (χ0v) is 17.1. The average molecular weight is 416 g/mol. The molecule has 2 aliphatic rings. The lowest BCUT2D eigenvalue weighted by Crippen LogP contribution is -2.48. The Morgan fingerprint density at radius 1 is 1.07 bits per heavy atom. The molecule has 0 saturated heterocycles. The van der Waals surface area contributed by atoms with Gasteiger partial charge in [-0.15, -0.1) is 0 Å². The van der Waals surface area contributed by atoms with E-state index in [4.69, 9.17) is 14.2 Å². The fourth-order valence-corrected chi connectivity index (χ4v) is 3.40. The summed E-state index contributed by atoms with van der Waals surface area (Å²) in [6.45, 7) is 2.60. The molecule has 1 fully saturated rings. The number of urea groups is 1. The normalized spacial score (nSPS) is 17.6. The van der Waals surface area contributed by atoms with Crippen LogP contribution in [0.2, 0.25) is 0 Å². The predicted molar refractivity (Wildman–Crippen MR) is 110 cm³/mol. The molecule has 0 unspecified atom stereocenters. The van der Waals surface area contributed by atoms with Gasteiger partial charge in [-0.05, 0) is 43.5 Å². The predicted octanol–water partition coefficient (Wildman–Crippen LogP) is 2.95. The molecule has 8 nitrogen and oxygen atoms in total. The van der Waals surface area contributed by atoms with Crippen LogP contribution in [0.4, 0.5) is 4.79 Å². The number of imide groups is 1. The van der Waals surface area contributed by atoms with Crippen molar-refractivity contribution < 1.29 is 28.6 Å². The van der Waals surface area contributed by atoms with E-state index in [-0.39, 0.29) is 6.04 Å². The van der Waals surface area contributed by atoms with Crippen LogP contribution >= 0.6 is 0 Å². The number of rotatable bonds is 5. The Morgan fingerprint density at radius 2 is 1.80 bits per heavy atom. The van der Waals surface area contributed by atoms with Crippen LogP contribution in [0.3, 0.4) is 0 Å². The molecular weight excluding hydrogens is 388 g/mol. The van der Waals surface area contributed by atoms with E-state index in [1.54, 1.807) is 24.3 Å². The number of amides is 3. The van der Waals surface area contributed by atoms with Crippen molar-refractivity contribution in [1.29, 1.82) is 0 Å². The summed E-state index contributed by atoms with van der Waals surface area (Å²) >= 11 is 0. The second kappa shape index (κ2) is 10.7. The third-order valence-corrected chi connectivity index (χ3v) is 5.02. The summed E-state index contributed by atoms with van der Waals surface area (Å²) in [4.78, 5) is 36.1. The van der Waals surface area contributed by atoms with E-state index in [2.05, 4.69) is 10.6 Å². The SMILES string of the molecule is C[C@@H](OC(=O)/C=C/c1ccc2c(c1)OCCCO2)C(=O)NC(=O)NC1CCCCC1. The minimum absolute atomic E-state index is 0.0858. The Kier molecular flexibility index (Phi) is 7.70. The van der Waals surface area contributed by atoms with Gasteiger partial charge in [0.1, 0.15) is 0 Å². The molecule has 1 saturated carbocycles. The lowest BCUT2D eigenvalue weighted by atomic mass is 9.96. The Balaban J connectivity index is 1.45. The first-order valence-corrected chi connectivity index (χ1v) is 10.4. The molecule has 3 rings (SSSR count). The summed E-state index contributed by atoms with van der Waals surface area (Å²) < 4.78 is 16.3. The molecule has 1 aromatic carbocycles. The standard InChI is InChI=1S/C22H28N2O6/c1-15(21(26)24-22(27)23-17-6-3-2-4-7-17)30-20(25)11-9-16-8-10-18-19(14-16)29-13-5-12-28-18/h8-11,14-15,17H,2-7,12-13H2,1H3,(H2,23,24,26,27)/b11-9+/t15-/m1/s1. The number of hydrogen-bond acceptors (Lipinski definition) is 6. The fourth-order valence-electron chi connectivity index (χ4n) is 3.40. The Morgan fingerprint density at radius 3 is 2.57 bits per heavy atom. The zero-order chi connectivity index (χ0) is 21.3. The highest BCUT2D eigenvalue weighted by Gasteiger charge is 2.21. The zero-order valence-electron chi connectivity index (χ0n) is 17.1. The Bertz CT molecular complexity index is 801. The molecule has 0 spiro atoms. The number of carbonyl (C=O) groups excluding carboxylic acids is 3. The highest BCUT2D eigenvalue weighted by atomic mass is 16.5. The van der Waals surface area contributed by atoms with Gasteiger partial charge in [0.2, 0.25) is 0 Å². The van der Waals surface area contributed by atoms with Crippen LogP contribution in [0, 0.1) is 0 Å². The van der Waals surface area contributed by atoms with Crippen LogP contribution in [-0.4, -0.2) is 43.3 Å². The van der Waals surface area contributed by atoms with Gasteiger partial charge in [-0.1, -0.05) is 25.3 Å². The van der Waals surface area contributed by atoms with Crippen LogP contribution in [0.15, 0.2) is 24.3 Å². The molecule has 8 heteroatoms. The first kappa shape index (κ1) is 21.7. The Labute approximate surface area is 175 Å². The van der Waals surface area contributed by atoms with Crippen molar-refractivity contribution in [1.82, 2.24) is 10.6 Å². The van der Waals surface area contributed by atoms with Crippen molar-refractivity contribution >= 4 is 24.0 Å². The minimum Gasteiger partial charge on any atom is -0.490 e. The molecule has 30 heavy (non-hydrogen) atoms. The molecule has 1 aliphatic carbocycles. The van der Waals surface area contributed by atoms with Gasteiger partial charge >= 0.3 is 12.0 Å². The molecule has 1 atom stereocenters. The van der Waals surface area contributed by atoms with Gasteiger partial charge < -0.3 is 19.5 Å². The van der Waals surface area contributed by atoms with E-state index in [9.17, 15) is 14.4 Å². The molecule has 1 aliphatic heterocycles. The summed E-state index contributed by atoms with van der Waals surface area (Å²) in [7, 11) is 0. The number of nitrogens with one attached hydrogen (secondary N) is 2. The van der Waals surface area contributed by atoms with Crippen LogP contribution in [0.1, 0.15) is 51.0 Å². The van der Waals surface area contributed by atoms with Crippen LogP contribution in [0.25, 0.3) is 6.08 Å². The number of benzene rings is 1. The Hall–Kier alpha value is -3.03. The second-order valence-electron chi connectivity index (χ2n) is 7.47. The van der Waals surface area contributed by atoms with Crippen molar-refractivity contribution in [3.8, 4) is 11.5 Å². The number of fused-ring (bicyclic) bond motifs is 1. The summed E-state index contributed by atoms with van der Waals surface area (Å²) in [5.74, 6) is -0.0538. The molecule has 162 valence electrons. The van der Waals surface area contributed by atoms with Crippen molar-refractivity contribution in [2.24, 2.45) is 0 Å². The highest BCUT2D eigenvalue weighted by molar-refractivity contribution is 5.98. The van der Waals surface area contributed by atoms with E-state index < -0.39 is 24.0 Å². The molecular formula is C22H28N2O6. The largest absolute Gasteiger partial charge is 0.490 e. The number of ether oxygens (including phenoxy) is 3. The van der Waals surface area contributed by atoms with E-state index in [1.807, 2.05) is 0 Å². The van der Waals surface area contributed by atoms with E-state index >= 15 is 0 Å². The van der Waals surface area contributed by atoms with Gasteiger partial charge in [-0.2, -0.15) is 0 Å². The third kappa shape index (κ3) is 6.50. The van der Waals surface area contributed by atoms with Crippen molar-refractivity contribution in [2.45, 2.75) is 57.6 Å². The first-order valence-electron chi connectivity index (χ1n) is 10.4. The van der Waals surface area contributed by atoms with Gasteiger partial charge in [0, 0.05) is 18.5 Å². The second-order valence-corrected chi connectivity index (χ2v) is 7.47. The van der Waals surface area contributed by atoms with E-state index in [0.29, 0.717) is 24.7 Å². The molecule has 1 aromatic rings. The lowest BCUT2D eigenvalue weighted by molar-refractivity contribution is -0.149. The molecule has 2 N–H and O–H groups in total. The summed E-state index contributed by atoms with van der Waals surface area (Å²) in [5, 5.41) is 5.01. The van der Waals surface area contributed by atoms with Gasteiger partial charge in [0.05, 0.1) is 13.2 Å². The molecule has 0 aromatic heterocycles. The number of carbonyl (C=O) groups is 3. The van der Waals surface area contributed by atoms with E-state index in [1.165, 1.54) is 19.4 Å². The monoisotopic (exact) mass is 416 g/mol. The maximum Gasteiger partial charge on any atom is 0.331 e. The maximum atomic E-state index is 12.1. The quantitative estimate of drug-likeness (QED) is 0.565. The first-order chi connectivity index (χ1) is 14.5. The lowest BCUT2D eigenvalue weighted by Gasteiger charge is -2.23. The molecule has 0 bridgehead atoms. The van der Waals surface area contributed by atoms with Crippen LogP contribution in [0.5, 0.6) is 11.5 Å². The summed E-state index contributed by atoms with van der Waals surface area (Å²) in [5.41, 5.74) is 0.736. The van der Waals surface area contributed by atoms with Crippen molar-refractivity contribution in [3.05, 3.63) is 29.8 Å². The van der Waals surface area contributed by atoms with Crippen LogP contribution in [-0.2, 0) is 14.3 Å². The number of hydrogen-bond donors (Lipinski definition) is 2. The van der Waals surface area contributed by atoms with Crippen molar-refractivity contribution in [3.63, 3.8) is 0 Å². The third-order valence-electron chi connectivity index (χ3n) is 5.02. The smallest absolute Gasteiger partial charge is 0.331 e. The molecule has 0 radical (unpaired) electrons. The maximum absolute atomic E-state index is 12.1.